The molecular formula is C11H17NS. The summed E-state index contributed by atoms with van der Waals surface area (Å²) in [7, 11) is 0. The molecule has 1 aliphatic carbocycles. The van der Waals surface area contributed by atoms with Crippen molar-refractivity contribution in [2.75, 3.05) is 0 Å². The van der Waals surface area contributed by atoms with Crippen LogP contribution >= 0.6 is 11.3 Å². The first-order valence-corrected chi connectivity index (χ1v) is 6.01. The Kier molecular flexibility index (Phi) is 2.70. The Labute approximate surface area is 84.0 Å². The van der Waals surface area contributed by atoms with Crippen LogP contribution in [0.25, 0.3) is 0 Å². The molecule has 1 aromatic heterocycles. The number of thiophene rings is 1. The van der Waals surface area contributed by atoms with Gasteiger partial charge in [0.25, 0.3) is 0 Å². The van der Waals surface area contributed by atoms with Gasteiger partial charge in [-0.3, -0.25) is 0 Å². The first kappa shape index (κ1) is 9.22. The third kappa shape index (κ3) is 1.79. The number of nitrogens with two attached hydrogens (primary N) is 1. The highest BCUT2D eigenvalue weighted by molar-refractivity contribution is 7.08. The zero-order valence-corrected chi connectivity index (χ0v) is 8.94. The second-order valence-corrected chi connectivity index (χ2v) is 4.82. The van der Waals surface area contributed by atoms with Crippen molar-refractivity contribution in [1.29, 1.82) is 0 Å². The summed E-state index contributed by atoms with van der Waals surface area (Å²) >= 11 is 1.77. The van der Waals surface area contributed by atoms with Crippen LogP contribution in [0, 0.1) is 12.8 Å². The summed E-state index contributed by atoms with van der Waals surface area (Å²) in [5.74, 6) is 0.744. The Morgan fingerprint density at radius 1 is 1.38 bits per heavy atom. The van der Waals surface area contributed by atoms with Crippen molar-refractivity contribution in [1.82, 2.24) is 0 Å². The molecule has 0 saturated heterocycles. The molecular weight excluding hydrogens is 178 g/mol. The van der Waals surface area contributed by atoms with E-state index >= 15 is 0 Å². The fourth-order valence-corrected chi connectivity index (χ4v) is 3.18. The van der Waals surface area contributed by atoms with Crippen molar-refractivity contribution in [2.45, 2.75) is 38.6 Å². The second-order valence-electron chi connectivity index (χ2n) is 4.08. The fourth-order valence-electron chi connectivity index (χ4n) is 2.28. The molecule has 1 atom stereocenters. The topological polar surface area (TPSA) is 26.0 Å². The number of aryl methyl sites for hydroxylation is 1. The molecule has 1 unspecified atom stereocenters. The monoisotopic (exact) mass is 195 g/mol. The Morgan fingerprint density at radius 2 is 2.08 bits per heavy atom. The van der Waals surface area contributed by atoms with Gasteiger partial charge in [0.1, 0.15) is 0 Å². The van der Waals surface area contributed by atoms with Crippen molar-refractivity contribution in [3.63, 3.8) is 0 Å². The van der Waals surface area contributed by atoms with Crippen LogP contribution in [0.4, 0.5) is 0 Å². The maximum absolute atomic E-state index is 6.25. The lowest BCUT2D eigenvalue weighted by Gasteiger charge is -2.18. The van der Waals surface area contributed by atoms with Crippen LogP contribution in [0.5, 0.6) is 0 Å². The van der Waals surface area contributed by atoms with Crippen LogP contribution in [-0.4, -0.2) is 0 Å². The van der Waals surface area contributed by atoms with Gasteiger partial charge in [0.15, 0.2) is 0 Å². The average molecular weight is 195 g/mol. The SMILES string of the molecule is Cc1cscc1C(N)C1CCCC1. The van der Waals surface area contributed by atoms with E-state index in [-0.39, 0.29) is 0 Å². The fraction of sp³-hybridized carbons (Fsp3) is 0.636. The zero-order valence-electron chi connectivity index (χ0n) is 8.12. The molecule has 1 fully saturated rings. The van der Waals surface area contributed by atoms with E-state index in [1.54, 1.807) is 11.3 Å². The van der Waals surface area contributed by atoms with Gasteiger partial charge in [-0.15, -0.1) is 0 Å². The molecule has 2 rings (SSSR count). The summed E-state index contributed by atoms with van der Waals surface area (Å²) in [6, 6.07) is 0.300. The van der Waals surface area contributed by atoms with Crippen molar-refractivity contribution < 1.29 is 0 Å². The van der Waals surface area contributed by atoms with Crippen LogP contribution < -0.4 is 5.73 Å². The Morgan fingerprint density at radius 3 is 2.62 bits per heavy atom. The first-order valence-electron chi connectivity index (χ1n) is 5.07. The standard InChI is InChI=1S/C11H17NS/c1-8-6-13-7-10(8)11(12)9-4-2-3-5-9/h6-7,9,11H,2-5,12H2,1H3. The third-order valence-corrected chi connectivity index (χ3v) is 4.04. The smallest absolute Gasteiger partial charge is 0.0334 e. The Bertz CT molecular complexity index is 273. The number of hydrogen-bond acceptors (Lipinski definition) is 2. The van der Waals surface area contributed by atoms with Gasteiger partial charge in [-0.2, -0.15) is 11.3 Å². The summed E-state index contributed by atoms with van der Waals surface area (Å²) in [6.45, 7) is 2.17. The normalized spacial score (nSPS) is 20.8. The van der Waals surface area contributed by atoms with Gasteiger partial charge in [0.2, 0.25) is 0 Å². The lowest BCUT2D eigenvalue weighted by molar-refractivity contribution is 0.444. The van der Waals surface area contributed by atoms with E-state index in [0.717, 1.165) is 5.92 Å². The Balaban J connectivity index is 2.12. The minimum Gasteiger partial charge on any atom is -0.324 e. The zero-order chi connectivity index (χ0) is 9.26. The summed E-state index contributed by atoms with van der Waals surface area (Å²) in [4.78, 5) is 0. The predicted octanol–water partition coefficient (Wildman–Crippen LogP) is 3.25. The maximum atomic E-state index is 6.25. The number of rotatable bonds is 2. The first-order chi connectivity index (χ1) is 6.29. The molecule has 72 valence electrons. The van der Waals surface area contributed by atoms with Gasteiger partial charge in [-0.05, 0) is 47.6 Å². The lowest BCUT2D eigenvalue weighted by Crippen LogP contribution is -2.19. The minimum atomic E-state index is 0.300. The third-order valence-electron chi connectivity index (χ3n) is 3.16. The summed E-state index contributed by atoms with van der Waals surface area (Å²) in [5, 5.41) is 4.42. The van der Waals surface area contributed by atoms with Crippen LogP contribution in [0.3, 0.4) is 0 Å². The average Bonchev–Trinajstić information content (AvgIpc) is 2.72. The predicted molar refractivity (Wildman–Crippen MR) is 57.9 cm³/mol. The van der Waals surface area contributed by atoms with Gasteiger partial charge in [0, 0.05) is 6.04 Å². The molecule has 2 N–H and O–H groups in total. The highest BCUT2D eigenvalue weighted by atomic mass is 32.1. The highest BCUT2D eigenvalue weighted by Crippen LogP contribution is 2.36. The minimum absolute atomic E-state index is 0.300. The molecule has 0 radical (unpaired) electrons. The van der Waals surface area contributed by atoms with Crippen LogP contribution in [0.1, 0.15) is 42.9 Å². The molecule has 0 amide bonds. The van der Waals surface area contributed by atoms with Crippen molar-refractivity contribution in [3.8, 4) is 0 Å². The van der Waals surface area contributed by atoms with E-state index in [2.05, 4.69) is 17.7 Å². The molecule has 13 heavy (non-hydrogen) atoms. The van der Waals surface area contributed by atoms with E-state index < -0.39 is 0 Å². The molecule has 0 bridgehead atoms. The van der Waals surface area contributed by atoms with Gasteiger partial charge in [-0.25, -0.2) is 0 Å². The highest BCUT2D eigenvalue weighted by Gasteiger charge is 2.24. The van der Waals surface area contributed by atoms with E-state index in [1.807, 2.05) is 0 Å². The van der Waals surface area contributed by atoms with Gasteiger partial charge < -0.3 is 5.73 Å². The van der Waals surface area contributed by atoms with E-state index in [0.29, 0.717) is 6.04 Å². The molecule has 0 aromatic carbocycles. The Hall–Kier alpha value is -0.340. The van der Waals surface area contributed by atoms with E-state index in [4.69, 9.17) is 5.73 Å². The van der Waals surface area contributed by atoms with Gasteiger partial charge in [-0.1, -0.05) is 12.8 Å². The van der Waals surface area contributed by atoms with E-state index in [1.165, 1.54) is 36.8 Å². The molecule has 1 aromatic rings. The molecule has 0 aliphatic heterocycles. The molecule has 0 spiro atoms. The van der Waals surface area contributed by atoms with Crippen LogP contribution in [0.2, 0.25) is 0 Å². The molecule has 1 nitrogen and oxygen atoms in total. The lowest BCUT2D eigenvalue weighted by atomic mass is 9.92. The van der Waals surface area contributed by atoms with E-state index in [9.17, 15) is 0 Å². The second kappa shape index (κ2) is 3.81. The summed E-state index contributed by atoms with van der Waals surface area (Å²) in [6.07, 6.45) is 5.41. The number of hydrogen-bond donors (Lipinski definition) is 1. The molecule has 1 heterocycles. The molecule has 1 aliphatic rings. The van der Waals surface area contributed by atoms with Crippen molar-refractivity contribution in [2.24, 2.45) is 11.7 Å². The summed E-state index contributed by atoms with van der Waals surface area (Å²) < 4.78 is 0. The quantitative estimate of drug-likeness (QED) is 0.770. The molecule has 2 heteroatoms. The van der Waals surface area contributed by atoms with Crippen LogP contribution in [-0.2, 0) is 0 Å². The van der Waals surface area contributed by atoms with Crippen molar-refractivity contribution >= 4 is 11.3 Å². The largest absolute Gasteiger partial charge is 0.324 e. The van der Waals surface area contributed by atoms with Gasteiger partial charge in [0.05, 0.1) is 0 Å². The maximum Gasteiger partial charge on any atom is 0.0334 e. The van der Waals surface area contributed by atoms with Gasteiger partial charge >= 0.3 is 0 Å². The summed E-state index contributed by atoms with van der Waals surface area (Å²) in [5.41, 5.74) is 9.02. The molecule has 1 saturated carbocycles. The van der Waals surface area contributed by atoms with Crippen molar-refractivity contribution in [3.05, 3.63) is 21.9 Å². The van der Waals surface area contributed by atoms with Crippen LogP contribution in [0.15, 0.2) is 10.8 Å².